The molecule has 0 unspecified atom stereocenters. The van der Waals surface area contributed by atoms with Gasteiger partial charge in [-0.15, -0.1) is 0 Å². The van der Waals surface area contributed by atoms with Gasteiger partial charge in [0.05, 0.1) is 12.7 Å². The Labute approximate surface area is 111 Å². The molecule has 1 heterocycles. The fourth-order valence-corrected chi connectivity index (χ4v) is 2.09. The summed E-state index contributed by atoms with van der Waals surface area (Å²) >= 11 is 0. The first-order valence-electron chi connectivity index (χ1n) is 7.61. The summed E-state index contributed by atoms with van der Waals surface area (Å²) in [5.74, 6) is -0.153. The SMILES string of the molecule is CCCCCCCC[C@H]1O[C@@H]1C(=O)OCCCC. The molecule has 0 spiro atoms. The van der Waals surface area contributed by atoms with Gasteiger partial charge in [-0.1, -0.05) is 58.8 Å². The summed E-state index contributed by atoms with van der Waals surface area (Å²) in [7, 11) is 0. The number of hydrogen-bond acceptors (Lipinski definition) is 3. The van der Waals surface area contributed by atoms with Crippen molar-refractivity contribution >= 4 is 5.97 Å². The third-order valence-corrected chi connectivity index (χ3v) is 3.40. The van der Waals surface area contributed by atoms with E-state index in [0.29, 0.717) is 6.61 Å². The maximum atomic E-state index is 11.5. The predicted molar refractivity (Wildman–Crippen MR) is 72.5 cm³/mol. The molecule has 18 heavy (non-hydrogen) atoms. The summed E-state index contributed by atoms with van der Waals surface area (Å²) in [5, 5.41) is 0. The van der Waals surface area contributed by atoms with Crippen molar-refractivity contribution in [2.75, 3.05) is 6.61 Å². The summed E-state index contributed by atoms with van der Waals surface area (Å²) in [6.45, 7) is 4.86. The van der Waals surface area contributed by atoms with Crippen LogP contribution in [0.3, 0.4) is 0 Å². The van der Waals surface area contributed by atoms with E-state index in [1.807, 2.05) is 0 Å². The third-order valence-electron chi connectivity index (χ3n) is 3.40. The highest BCUT2D eigenvalue weighted by atomic mass is 16.6. The molecule has 1 fully saturated rings. The van der Waals surface area contributed by atoms with Crippen LogP contribution in [0.2, 0.25) is 0 Å². The second kappa shape index (κ2) is 9.37. The van der Waals surface area contributed by atoms with Crippen LogP contribution in [0.5, 0.6) is 0 Å². The second-order valence-corrected chi connectivity index (χ2v) is 5.17. The quantitative estimate of drug-likeness (QED) is 0.320. The minimum absolute atomic E-state index is 0.144. The molecule has 1 aliphatic heterocycles. The zero-order chi connectivity index (χ0) is 13.2. The van der Waals surface area contributed by atoms with Gasteiger partial charge < -0.3 is 9.47 Å². The Bertz CT molecular complexity index is 228. The van der Waals surface area contributed by atoms with E-state index in [2.05, 4.69) is 13.8 Å². The first-order chi connectivity index (χ1) is 8.79. The monoisotopic (exact) mass is 256 g/mol. The molecule has 0 aliphatic carbocycles. The summed E-state index contributed by atoms with van der Waals surface area (Å²) in [5.41, 5.74) is 0. The van der Waals surface area contributed by atoms with E-state index in [1.165, 1.54) is 38.5 Å². The molecule has 1 aliphatic rings. The Morgan fingerprint density at radius 2 is 1.67 bits per heavy atom. The molecule has 0 N–H and O–H groups in total. The van der Waals surface area contributed by atoms with Crippen molar-refractivity contribution in [3.63, 3.8) is 0 Å². The molecule has 3 heteroatoms. The molecule has 3 nitrogen and oxygen atoms in total. The van der Waals surface area contributed by atoms with Gasteiger partial charge in [0, 0.05) is 0 Å². The molecule has 0 radical (unpaired) electrons. The molecule has 0 aromatic rings. The van der Waals surface area contributed by atoms with Gasteiger partial charge in [-0.25, -0.2) is 4.79 Å². The zero-order valence-electron chi connectivity index (χ0n) is 12.0. The van der Waals surface area contributed by atoms with Crippen LogP contribution >= 0.6 is 0 Å². The average molecular weight is 256 g/mol. The fraction of sp³-hybridized carbons (Fsp3) is 0.933. The summed E-state index contributed by atoms with van der Waals surface area (Å²) in [4.78, 5) is 11.5. The van der Waals surface area contributed by atoms with Gasteiger partial charge in [-0.05, 0) is 12.8 Å². The van der Waals surface area contributed by atoms with E-state index < -0.39 is 0 Å². The Balaban J connectivity index is 1.91. The third kappa shape index (κ3) is 6.39. The number of ether oxygens (including phenoxy) is 2. The Morgan fingerprint density at radius 3 is 2.39 bits per heavy atom. The molecular formula is C15H28O3. The van der Waals surface area contributed by atoms with Crippen molar-refractivity contribution < 1.29 is 14.3 Å². The number of epoxide rings is 1. The molecule has 0 saturated carbocycles. The number of hydrogen-bond donors (Lipinski definition) is 0. The number of unbranched alkanes of at least 4 members (excludes halogenated alkanes) is 6. The van der Waals surface area contributed by atoms with Crippen LogP contribution in [0.15, 0.2) is 0 Å². The van der Waals surface area contributed by atoms with Crippen LogP contribution in [-0.4, -0.2) is 24.8 Å². The standard InChI is InChI=1S/C15H28O3/c1-3-5-7-8-9-10-11-13-14(18-13)15(16)17-12-6-4-2/h13-14H,3-12H2,1-2H3/t13-,14+/m1/s1. The Morgan fingerprint density at radius 1 is 1.00 bits per heavy atom. The van der Waals surface area contributed by atoms with Crippen LogP contribution in [0.1, 0.15) is 71.6 Å². The van der Waals surface area contributed by atoms with E-state index in [-0.39, 0.29) is 18.2 Å². The van der Waals surface area contributed by atoms with Crippen LogP contribution < -0.4 is 0 Å². The first kappa shape index (κ1) is 15.5. The minimum Gasteiger partial charge on any atom is -0.464 e. The lowest BCUT2D eigenvalue weighted by molar-refractivity contribution is -0.145. The highest BCUT2D eigenvalue weighted by Crippen LogP contribution is 2.28. The number of rotatable bonds is 11. The van der Waals surface area contributed by atoms with Gasteiger partial charge in [-0.2, -0.15) is 0 Å². The normalized spacial score (nSPS) is 21.9. The maximum Gasteiger partial charge on any atom is 0.338 e. The lowest BCUT2D eigenvalue weighted by Crippen LogP contribution is -2.14. The van der Waals surface area contributed by atoms with Crippen LogP contribution in [0.4, 0.5) is 0 Å². The largest absolute Gasteiger partial charge is 0.464 e. The molecule has 0 bridgehead atoms. The fourth-order valence-electron chi connectivity index (χ4n) is 2.09. The van der Waals surface area contributed by atoms with Crippen molar-refractivity contribution in [2.24, 2.45) is 0 Å². The van der Waals surface area contributed by atoms with E-state index in [4.69, 9.17) is 9.47 Å². The second-order valence-electron chi connectivity index (χ2n) is 5.17. The molecular weight excluding hydrogens is 228 g/mol. The van der Waals surface area contributed by atoms with Crippen molar-refractivity contribution in [2.45, 2.75) is 83.8 Å². The van der Waals surface area contributed by atoms with Crippen molar-refractivity contribution in [1.82, 2.24) is 0 Å². The van der Waals surface area contributed by atoms with Gasteiger partial charge in [0.2, 0.25) is 0 Å². The first-order valence-corrected chi connectivity index (χ1v) is 7.61. The lowest BCUT2D eigenvalue weighted by atomic mass is 10.1. The van der Waals surface area contributed by atoms with Gasteiger partial charge in [0.15, 0.2) is 6.10 Å². The predicted octanol–water partition coefficient (Wildman–Crippen LogP) is 3.85. The number of carbonyl (C=O) groups is 1. The summed E-state index contributed by atoms with van der Waals surface area (Å²) < 4.78 is 10.5. The van der Waals surface area contributed by atoms with Gasteiger partial charge in [0.25, 0.3) is 0 Å². The van der Waals surface area contributed by atoms with Gasteiger partial charge >= 0.3 is 5.97 Å². The lowest BCUT2D eigenvalue weighted by Gasteiger charge is -2.01. The molecule has 106 valence electrons. The van der Waals surface area contributed by atoms with Gasteiger partial charge in [0.1, 0.15) is 0 Å². The van der Waals surface area contributed by atoms with E-state index in [9.17, 15) is 4.79 Å². The van der Waals surface area contributed by atoms with E-state index in [1.54, 1.807) is 0 Å². The van der Waals surface area contributed by atoms with Gasteiger partial charge in [-0.3, -0.25) is 0 Å². The van der Waals surface area contributed by atoms with Crippen molar-refractivity contribution in [3.8, 4) is 0 Å². The summed E-state index contributed by atoms with van der Waals surface area (Å²) in [6.07, 6.45) is 10.6. The van der Waals surface area contributed by atoms with E-state index >= 15 is 0 Å². The molecule has 2 atom stereocenters. The topological polar surface area (TPSA) is 38.8 Å². The molecule has 0 aromatic heterocycles. The van der Waals surface area contributed by atoms with Crippen LogP contribution in [0, 0.1) is 0 Å². The molecule has 1 rings (SSSR count). The smallest absolute Gasteiger partial charge is 0.338 e. The van der Waals surface area contributed by atoms with Crippen molar-refractivity contribution in [3.05, 3.63) is 0 Å². The minimum atomic E-state index is -0.252. The van der Waals surface area contributed by atoms with E-state index in [0.717, 1.165) is 19.3 Å². The zero-order valence-corrected chi connectivity index (χ0v) is 12.0. The van der Waals surface area contributed by atoms with Crippen molar-refractivity contribution in [1.29, 1.82) is 0 Å². The Hall–Kier alpha value is -0.570. The highest BCUT2D eigenvalue weighted by Gasteiger charge is 2.45. The summed E-state index contributed by atoms with van der Waals surface area (Å²) in [6, 6.07) is 0. The molecule has 1 saturated heterocycles. The average Bonchev–Trinajstić information content (AvgIpc) is 3.13. The maximum absolute atomic E-state index is 11.5. The number of esters is 1. The van der Waals surface area contributed by atoms with Crippen LogP contribution in [-0.2, 0) is 14.3 Å². The molecule has 0 amide bonds. The Kier molecular flexibility index (Phi) is 8.06. The highest BCUT2D eigenvalue weighted by molar-refractivity contribution is 5.77. The molecule has 0 aromatic carbocycles. The number of carbonyl (C=O) groups excluding carboxylic acids is 1. The van der Waals surface area contributed by atoms with Crippen LogP contribution in [0.25, 0.3) is 0 Å².